The van der Waals surface area contributed by atoms with Crippen LogP contribution in [-0.4, -0.2) is 77.5 Å². The van der Waals surface area contributed by atoms with Gasteiger partial charge < -0.3 is 9.47 Å². The molecule has 15 heavy (non-hydrogen) atoms. The molecule has 1 aromatic rings. The molecule has 0 bridgehead atoms. The van der Waals surface area contributed by atoms with Gasteiger partial charge in [-0.25, -0.2) is 9.59 Å². The van der Waals surface area contributed by atoms with Crippen molar-refractivity contribution in [2.75, 3.05) is 14.2 Å². The number of methoxy groups -OCH3 is 2. The number of carbonyl (C=O) groups excluding carboxylic acids is 2. The van der Waals surface area contributed by atoms with E-state index in [-0.39, 0.29) is 51.4 Å². The summed E-state index contributed by atoms with van der Waals surface area (Å²) in [6.07, 6.45) is 0. The van der Waals surface area contributed by atoms with Crippen molar-refractivity contribution < 1.29 is 19.1 Å². The molecule has 0 atom stereocenters. The van der Waals surface area contributed by atoms with Crippen LogP contribution in [0.25, 0.3) is 0 Å². The molecule has 0 aliphatic heterocycles. The minimum absolute atomic E-state index is 0. The van der Waals surface area contributed by atoms with Crippen molar-refractivity contribution in [3.8, 4) is 0 Å². The average molecular weight is 234 g/mol. The van der Waals surface area contributed by atoms with Crippen LogP contribution in [0.5, 0.6) is 0 Å². The maximum atomic E-state index is 11.1. The van der Waals surface area contributed by atoms with Crippen molar-refractivity contribution in [1.82, 2.24) is 0 Å². The van der Waals surface area contributed by atoms with Gasteiger partial charge in [-0.3, -0.25) is 0 Å². The van der Waals surface area contributed by atoms with Crippen LogP contribution in [0.4, 0.5) is 0 Å². The van der Waals surface area contributed by atoms with E-state index < -0.39 is 11.9 Å². The standard InChI is InChI=1S/C10H10O4.K.H/c1-13-9(11)7-4-3-5-8(6-7)10(12)14-2;;/h3-6H,1-2H3;;. The van der Waals surface area contributed by atoms with Gasteiger partial charge in [0.1, 0.15) is 0 Å². The van der Waals surface area contributed by atoms with E-state index in [1.807, 2.05) is 0 Å². The van der Waals surface area contributed by atoms with E-state index in [2.05, 4.69) is 9.47 Å². The molecule has 0 aliphatic rings. The maximum absolute atomic E-state index is 11.1. The van der Waals surface area contributed by atoms with Gasteiger partial charge in [0.2, 0.25) is 0 Å². The molecule has 0 fully saturated rings. The molecule has 0 unspecified atom stereocenters. The number of carbonyl (C=O) groups is 2. The first-order valence-corrected chi connectivity index (χ1v) is 3.95. The van der Waals surface area contributed by atoms with E-state index in [4.69, 9.17) is 0 Å². The molecular formula is C10H11KO4. The molecule has 4 nitrogen and oxygen atoms in total. The topological polar surface area (TPSA) is 52.6 Å². The van der Waals surface area contributed by atoms with Gasteiger partial charge in [0, 0.05) is 0 Å². The summed E-state index contributed by atoms with van der Waals surface area (Å²) in [7, 11) is 2.57. The van der Waals surface area contributed by atoms with E-state index in [0.29, 0.717) is 11.1 Å². The van der Waals surface area contributed by atoms with Crippen LogP contribution in [0.15, 0.2) is 24.3 Å². The quantitative estimate of drug-likeness (QED) is 0.556. The Balaban J connectivity index is 0.00000196. The number of hydrogen-bond donors (Lipinski definition) is 0. The Kier molecular flexibility index (Phi) is 7.04. The van der Waals surface area contributed by atoms with Crippen LogP contribution in [0.3, 0.4) is 0 Å². The van der Waals surface area contributed by atoms with Crippen molar-refractivity contribution in [1.29, 1.82) is 0 Å². The van der Waals surface area contributed by atoms with E-state index in [1.165, 1.54) is 20.3 Å². The molecule has 0 spiro atoms. The Hall–Kier alpha value is -0.204. The van der Waals surface area contributed by atoms with Gasteiger partial charge in [0.15, 0.2) is 0 Å². The van der Waals surface area contributed by atoms with Gasteiger partial charge in [0.25, 0.3) is 0 Å². The number of hydrogen-bond acceptors (Lipinski definition) is 4. The van der Waals surface area contributed by atoms with Crippen LogP contribution in [-0.2, 0) is 9.47 Å². The van der Waals surface area contributed by atoms with Crippen LogP contribution < -0.4 is 0 Å². The second-order valence-corrected chi connectivity index (χ2v) is 2.56. The van der Waals surface area contributed by atoms with E-state index >= 15 is 0 Å². The molecule has 0 saturated heterocycles. The molecular weight excluding hydrogens is 223 g/mol. The second kappa shape index (κ2) is 7.13. The zero-order valence-electron chi connectivity index (χ0n) is 7.94. The van der Waals surface area contributed by atoms with Crippen molar-refractivity contribution in [2.45, 2.75) is 0 Å². The zero-order valence-corrected chi connectivity index (χ0v) is 7.94. The fraction of sp³-hybridized carbons (Fsp3) is 0.200. The number of rotatable bonds is 2. The van der Waals surface area contributed by atoms with Crippen molar-refractivity contribution in [3.05, 3.63) is 35.4 Å². The van der Waals surface area contributed by atoms with Crippen molar-refractivity contribution in [3.63, 3.8) is 0 Å². The third-order valence-electron chi connectivity index (χ3n) is 1.70. The van der Waals surface area contributed by atoms with Gasteiger partial charge in [-0.05, 0) is 18.2 Å². The first-order valence-electron chi connectivity index (χ1n) is 3.95. The Bertz CT molecular complexity index is 331. The molecule has 0 amide bonds. The van der Waals surface area contributed by atoms with Crippen LogP contribution in [0.2, 0.25) is 0 Å². The molecule has 0 aromatic heterocycles. The molecule has 1 rings (SSSR count). The summed E-state index contributed by atoms with van der Waals surface area (Å²) in [6.45, 7) is 0. The minimum atomic E-state index is -0.476. The molecule has 5 heteroatoms. The number of benzene rings is 1. The zero-order chi connectivity index (χ0) is 10.6. The van der Waals surface area contributed by atoms with Crippen LogP contribution in [0, 0.1) is 0 Å². The van der Waals surface area contributed by atoms with E-state index in [0.717, 1.165) is 0 Å². The summed E-state index contributed by atoms with van der Waals surface area (Å²) in [5, 5.41) is 0. The molecule has 0 radical (unpaired) electrons. The Morgan fingerprint density at radius 1 is 1.00 bits per heavy atom. The molecule has 1 aromatic carbocycles. The monoisotopic (exact) mass is 234 g/mol. The summed E-state index contributed by atoms with van der Waals surface area (Å²) >= 11 is 0. The molecule has 76 valence electrons. The predicted octanol–water partition coefficient (Wildman–Crippen LogP) is 0.611. The summed E-state index contributed by atoms with van der Waals surface area (Å²) in [6, 6.07) is 6.16. The summed E-state index contributed by atoms with van der Waals surface area (Å²) < 4.78 is 9.03. The second-order valence-electron chi connectivity index (χ2n) is 2.56. The van der Waals surface area contributed by atoms with Crippen LogP contribution >= 0.6 is 0 Å². The van der Waals surface area contributed by atoms with Gasteiger partial charge in [-0.15, -0.1) is 0 Å². The Labute approximate surface area is 130 Å². The van der Waals surface area contributed by atoms with Gasteiger partial charge >= 0.3 is 63.3 Å². The normalized spacial score (nSPS) is 8.67. The van der Waals surface area contributed by atoms with Gasteiger partial charge in [-0.2, -0.15) is 0 Å². The summed E-state index contributed by atoms with van der Waals surface area (Å²) in [5.41, 5.74) is 0.658. The number of ether oxygens (including phenoxy) is 2. The first-order chi connectivity index (χ1) is 6.69. The van der Waals surface area contributed by atoms with E-state index in [1.54, 1.807) is 18.2 Å². The van der Waals surface area contributed by atoms with Crippen molar-refractivity contribution in [2.24, 2.45) is 0 Å². The fourth-order valence-corrected chi connectivity index (χ4v) is 1.01. The van der Waals surface area contributed by atoms with Crippen molar-refractivity contribution >= 4 is 63.3 Å². The first kappa shape index (κ1) is 14.8. The van der Waals surface area contributed by atoms with Gasteiger partial charge in [-0.1, -0.05) is 6.07 Å². The van der Waals surface area contributed by atoms with Gasteiger partial charge in [0.05, 0.1) is 25.3 Å². The third-order valence-corrected chi connectivity index (χ3v) is 1.70. The summed E-state index contributed by atoms with van der Waals surface area (Å²) in [5.74, 6) is -0.952. The Morgan fingerprint density at radius 2 is 1.40 bits per heavy atom. The fourth-order valence-electron chi connectivity index (χ4n) is 1.01. The van der Waals surface area contributed by atoms with Crippen LogP contribution in [0.1, 0.15) is 20.7 Å². The molecule has 0 saturated carbocycles. The average Bonchev–Trinajstić information content (AvgIpc) is 2.27. The third kappa shape index (κ3) is 4.04. The summed E-state index contributed by atoms with van der Waals surface area (Å²) in [4.78, 5) is 22.2. The predicted molar refractivity (Wildman–Crippen MR) is 56.3 cm³/mol. The molecule has 0 heterocycles. The Morgan fingerprint density at radius 3 is 1.73 bits per heavy atom. The molecule has 0 N–H and O–H groups in total. The number of esters is 2. The molecule has 0 aliphatic carbocycles. The van der Waals surface area contributed by atoms with E-state index in [9.17, 15) is 9.59 Å². The SMILES string of the molecule is COC(=O)c1cccc(C(=O)OC)c1.[KH].